The minimum absolute atomic E-state index is 0.624. The van der Waals surface area contributed by atoms with Crippen LogP contribution in [0.2, 0.25) is 0 Å². The van der Waals surface area contributed by atoms with Crippen LogP contribution in [0, 0.1) is 0 Å². The standard InChI is InChI=1S/C8H14N4O.C2H4O2/c9-3-1-7-10-11-8-2-5-13-6-4-12(7)8;1-2(3)4/h1-6,9H2;1H3,(H,3,4). The van der Waals surface area contributed by atoms with E-state index in [4.69, 9.17) is 20.4 Å². The summed E-state index contributed by atoms with van der Waals surface area (Å²) in [5.41, 5.74) is 5.48. The molecule has 0 spiro atoms. The van der Waals surface area contributed by atoms with E-state index in [1.165, 1.54) is 0 Å². The minimum atomic E-state index is -0.833. The molecule has 1 aromatic rings. The monoisotopic (exact) mass is 242 g/mol. The molecule has 96 valence electrons. The summed E-state index contributed by atoms with van der Waals surface area (Å²) in [5, 5.41) is 15.6. The third-order valence-electron chi connectivity index (χ3n) is 2.20. The second-order valence-corrected chi connectivity index (χ2v) is 3.60. The van der Waals surface area contributed by atoms with Gasteiger partial charge in [-0.25, -0.2) is 0 Å². The van der Waals surface area contributed by atoms with Gasteiger partial charge in [-0.2, -0.15) is 0 Å². The molecule has 3 N–H and O–H groups in total. The second kappa shape index (κ2) is 6.97. The van der Waals surface area contributed by atoms with Gasteiger partial charge in [-0.05, 0) is 6.54 Å². The van der Waals surface area contributed by atoms with E-state index in [2.05, 4.69) is 14.8 Å². The lowest BCUT2D eigenvalue weighted by Crippen LogP contribution is -2.12. The zero-order valence-corrected chi connectivity index (χ0v) is 9.93. The highest BCUT2D eigenvalue weighted by Crippen LogP contribution is 2.07. The quantitative estimate of drug-likeness (QED) is 0.720. The maximum absolute atomic E-state index is 9.00. The van der Waals surface area contributed by atoms with Gasteiger partial charge >= 0.3 is 0 Å². The highest BCUT2D eigenvalue weighted by Gasteiger charge is 2.13. The zero-order valence-electron chi connectivity index (χ0n) is 9.93. The first-order valence-corrected chi connectivity index (χ1v) is 5.53. The summed E-state index contributed by atoms with van der Waals surface area (Å²) >= 11 is 0. The molecule has 0 atom stereocenters. The molecule has 7 nitrogen and oxygen atoms in total. The van der Waals surface area contributed by atoms with Gasteiger partial charge in [0.25, 0.3) is 5.97 Å². The summed E-state index contributed by atoms with van der Waals surface area (Å²) in [6, 6.07) is 0. The summed E-state index contributed by atoms with van der Waals surface area (Å²) in [6.45, 7) is 4.07. The summed E-state index contributed by atoms with van der Waals surface area (Å²) in [6.07, 6.45) is 1.66. The Balaban J connectivity index is 0.000000317. The predicted molar refractivity (Wildman–Crippen MR) is 60.6 cm³/mol. The maximum atomic E-state index is 9.00. The lowest BCUT2D eigenvalue weighted by atomic mass is 10.4. The lowest BCUT2D eigenvalue weighted by Gasteiger charge is -2.04. The first-order chi connectivity index (χ1) is 8.15. The summed E-state index contributed by atoms with van der Waals surface area (Å²) in [7, 11) is 0. The highest BCUT2D eigenvalue weighted by molar-refractivity contribution is 5.62. The van der Waals surface area contributed by atoms with Gasteiger partial charge in [-0.15, -0.1) is 10.2 Å². The fraction of sp³-hybridized carbons (Fsp3) is 0.700. The number of nitrogens with zero attached hydrogens (tertiary/aromatic N) is 3. The fourth-order valence-electron chi connectivity index (χ4n) is 1.55. The van der Waals surface area contributed by atoms with Crippen molar-refractivity contribution in [3.05, 3.63) is 11.6 Å². The van der Waals surface area contributed by atoms with Gasteiger partial charge in [0.2, 0.25) is 0 Å². The van der Waals surface area contributed by atoms with Crippen LogP contribution in [-0.2, 0) is 28.9 Å². The molecule has 1 aliphatic heterocycles. The third kappa shape index (κ3) is 4.49. The van der Waals surface area contributed by atoms with Crippen LogP contribution in [0.4, 0.5) is 0 Å². The number of carboxylic acids is 1. The molecule has 0 fully saturated rings. The van der Waals surface area contributed by atoms with E-state index in [-0.39, 0.29) is 0 Å². The molecular formula is C10H18N4O3. The van der Waals surface area contributed by atoms with Crippen molar-refractivity contribution in [2.45, 2.75) is 26.3 Å². The van der Waals surface area contributed by atoms with Crippen LogP contribution in [0.1, 0.15) is 18.6 Å². The molecule has 0 radical (unpaired) electrons. The van der Waals surface area contributed by atoms with Crippen molar-refractivity contribution in [1.82, 2.24) is 14.8 Å². The molecular weight excluding hydrogens is 224 g/mol. The third-order valence-corrected chi connectivity index (χ3v) is 2.20. The molecule has 2 heterocycles. The van der Waals surface area contributed by atoms with Gasteiger partial charge in [0, 0.05) is 26.3 Å². The van der Waals surface area contributed by atoms with E-state index in [1.54, 1.807) is 0 Å². The largest absolute Gasteiger partial charge is 0.481 e. The molecule has 1 aliphatic rings. The number of ether oxygens (including phenoxy) is 1. The summed E-state index contributed by atoms with van der Waals surface area (Å²) < 4.78 is 7.47. The van der Waals surface area contributed by atoms with E-state index < -0.39 is 5.97 Å². The number of aliphatic carboxylic acids is 1. The van der Waals surface area contributed by atoms with Crippen LogP contribution in [0.25, 0.3) is 0 Å². The average molecular weight is 242 g/mol. The van der Waals surface area contributed by atoms with Crippen molar-refractivity contribution in [1.29, 1.82) is 0 Å². The molecule has 0 aliphatic carbocycles. The van der Waals surface area contributed by atoms with E-state index in [1.807, 2.05) is 0 Å². The second-order valence-electron chi connectivity index (χ2n) is 3.60. The van der Waals surface area contributed by atoms with E-state index in [0.29, 0.717) is 6.54 Å². The minimum Gasteiger partial charge on any atom is -0.481 e. The first kappa shape index (κ1) is 13.6. The lowest BCUT2D eigenvalue weighted by molar-refractivity contribution is -0.134. The number of hydrogen-bond donors (Lipinski definition) is 2. The Labute approximate surface area is 99.6 Å². The van der Waals surface area contributed by atoms with Crippen LogP contribution in [0.15, 0.2) is 0 Å². The van der Waals surface area contributed by atoms with Crippen molar-refractivity contribution >= 4 is 5.97 Å². The highest BCUT2D eigenvalue weighted by atomic mass is 16.5. The molecule has 0 bridgehead atoms. The van der Waals surface area contributed by atoms with Gasteiger partial charge < -0.3 is 20.1 Å². The van der Waals surface area contributed by atoms with Crippen molar-refractivity contribution in [2.24, 2.45) is 5.73 Å². The number of nitrogens with two attached hydrogens (primary N) is 1. The molecule has 0 saturated heterocycles. The SMILES string of the molecule is CC(=O)O.NCCc1nnc2n1CCOCC2. The molecule has 0 saturated carbocycles. The smallest absolute Gasteiger partial charge is 0.300 e. The maximum Gasteiger partial charge on any atom is 0.300 e. The number of carbonyl (C=O) groups is 1. The number of fused-ring (bicyclic) bond motifs is 1. The van der Waals surface area contributed by atoms with Crippen molar-refractivity contribution in [3.8, 4) is 0 Å². The molecule has 0 amide bonds. The molecule has 17 heavy (non-hydrogen) atoms. The topological polar surface area (TPSA) is 103 Å². The molecule has 0 aromatic carbocycles. The van der Waals surface area contributed by atoms with Crippen LogP contribution in [0.3, 0.4) is 0 Å². The van der Waals surface area contributed by atoms with Crippen LogP contribution >= 0.6 is 0 Å². The van der Waals surface area contributed by atoms with Crippen LogP contribution < -0.4 is 5.73 Å². The predicted octanol–water partition coefficient (Wildman–Crippen LogP) is -0.557. The first-order valence-electron chi connectivity index (χ1n) is 5.53. The molecule has 2 rings (SSSR count). The Morgan fingerprint density at radius 3 is 2.88 bits per heavy atom. The van der Waals surface area contributed by atoms with Gasteiger partial charge in [-0.3, -0.25) is 4.79 Å². The Morgan fingerprint density at radius 1 is 1.53 bits per heavy atom. The normalized spacial score (nSPS) is 14.2. The van der Waals surface area contributed by atoms with Gasteiger partial charge in [0.15, 0.2) is 0 Å². The van der Waals surface area contributed by atoms with E-state index in [9.17, 15) is 0 Å². The Bertz CT molecular complexity index is 360. The number of rotatable bonds is 2. The number of hydrogen-bond acceptors (Lipinski definition) is 5. The molecule has 7 heteroatoms. The Hall–Kier alpha value is -1.47. The number of aromatic nitrogens is 3. The average Bonchev–Trinajstić information content (AvgIpc) is 2.49. The van der Waals surface area contributed by atoms with Crippen molar-refractivity contribution in [2.75, 3.05) is 19.8 Å². The Morgan fingerprint density at radius 2 is 2.24 bits per heavy atom. The zero-order chi connectivity index (χ0) is 12.7. The fourth-order valence-corrected chi connectivity index (χ4v) is 1.55. The summed E-state index contributed by atoms with van der Waals surface area (Å²) in [4.78, 5) is 9.00. The number of carboxylic acid groups (broad SMARTS) is 1. The molecule has 0 unspecified atom stereocenters. The Kier molecular flexibility index (Phi) is 5.58. The molecule has 1 aromatic heterocycles. The van der Waals surface area contributed by atoms with Gasteiger partial charge in [0.05, 0.1) is 13.2 Å². The van der Waals surface area contributed by atoms with E-state index in [0.717, 1.165) is 51.2 Å². The van der Waals surface area contributed by atoms with Crippen molar-refractivity contribution < 1.29 is 14.6 Å². The van der Waals surface area contributed by atoms with Gasteiger partial charge in [0.1, 0.15) is 11.6 Å². The van der Waals surface area contributed by atoms with Crippen molar-refractivity contribution in [3.63, 3.8) is 0 Å². The van der Waals surface area contributed by atoms with Crippen LogP contribution in [-0.4, -0.2) is 45.6 Å². The van der Waals surface area contributed by atoms with E-state index >= 15 is 0 Å². The summed E-state index contributed by atoms with van der Waals surface area (Å²) in [5.74, 6) is 1.18. The van der Waals surface area contributed by atoms with Crippen LogP contribution in [0.5, 0.6) is 0 Å². The van der Waals surface area contributed by atoms with Gasteiger partial charge in [-0.1, -0.05) is 0 Å².